The molecule has 1 aromatic heterocycles. The largest absolute Gasteiger partial charge is 0.467 e. The van der Waals surface area contributed by atoms with E-state index in [2.05, 4.69) is 16.4 Å². The molecule has 0 saturated heterocycles. The maximum absolute atomic E-state index is 13.6. The van der Waals surface area contributed by atoms with Crippen molar-refractivity contribution in [2.24, 2.45) is 5.92 Å². The fraction of sp³-hybridized carbons (Fsp3) is 0.577. The van der Waals surface area contributed by atoms with E-state index in [1.165, 1.54) is 13.5 Å². The molecule has 2 aromatic rings. The highest BCUT2D eigenvalue weighted by atomic mass is 16.6. The quantitative estimate of drug-likeness (QED) is 0.653. The summed E-state index contributed by atoms with van der Waals surface area (Å²) in [4.78, 5) is 44.0. The van der Waals surface area contributed by atoms with Crippen LogP contribution in [0.25, 0.3) is 10.9 Å². The first-order valence-corrected chi connectivity index (χ1v) is 12.1. The summed E-state index contributed by atoms with van der Waals surface area (Å²) < 4.78 is 10.4. The number of rotatable bonds is 4. The van der Waals surface area contributed by atoms with E-state index in [9.17, 15) is 14.4 Å². The van der Waals surface area contributed by atoms with Crippen LogP contribution < -0.4 is 5.32 Å². The second-order valence-corrected chi connectivity index (χ2v) is 10.3. The van der Waals surface area contributed by atoms with E-state index in [1.807, 2.05) is 18.2 Å². The molecule has 0 spiro atoms. The molecule has 2 aliphatic rings. The molecular formula is C26H35N3O5. The number of carbonyl (C=O) groups is 3. The third-order valence-corrected chi connectivity index (χ3v) is 6.82. The number of carbonyl (C=O) groups excluding carboxylic acids is 3. The third-order valence-electron chi connectivity index (χ3n) is 6.82. The Morgan fingerprint density at radius 2 is 1.82 bits per heavy atom. The van der Waals surface area contributed by atoms with Crippen molar-refractivity contribution in [3.05, 3.63) is 35.5 Å². The molecule has 1 aliphatic heterocycles. The number of aromatic amines is 1. The number of para-hydroxylation sites is 1. The molecule has 4 rings (SSSR count). The third kappa shape index (κ3) is 4.91. The molecule has 34 heavy (non-hydrogen) atoms. The van der Waals surface area contributed by atoms with Crippen molar-refractivity contribution in [2.45, 2.75) is 77.0 Å². The summed E-state index contributed by atoms with van der Waals surface area (Å²) >= 11 is 0. The van der Waals surface area contributed by atoms with Gasteiger partial charge < -0.3 is 24.7 Å². The van der Waals surface area contributed by atoms with Crippen LogP contribution in [0.4, 0.5) is 4.79 Å². The molecule has 2 N–H and O–H groups in total. The Bertz CT molecular complexity index is 1060. The van der Waals surface area contributed by atoms with Gasteiger partial charge in [-0.1, -0.05) is 37.5 Å². The average molecular weight is 470 g/mol. The lowest BCUT2D eigenvalue weighted by Gasteiger charge is -2.45. The van der Waals surface area contributed by atoms with Gasteiger partial charge in [0, 0.05) is 23.0 Å². The monoisotopic (exact) mass is 469 g/mol. The normalized spacial score (nSPS) is 21.1. The standard InChI is InChI=1S/C26H35N3O5/c1-26(2,3)34-25(32)27-15-21(30)29-20(24(31)33-4)14-18-17-12-8-9-13-19(17)28-22(18)23(29)16-10-6-5-7-11-16/h8-9,12-13,16,20,23,28H,5-7,10-11,14-15H2,1-4H3,(H,27,32)/t20-,23+/m0/s1. The van der Waals surface area contributed by atoms with Gasteiger partial charge in [-0.05, 0) is 51.2 Å². The van der Waals surface area contributed by atoms with Crippen molar-refractivity contribution in [1.82, 2.24) is 15.2 Å². The molecule has 8 heteroatoms. The van der Waals surface area contributed by atoms with Gasteiger partial charge in [0.05, 0.1) is 13.2 Å². The molecule has 0 unspecified atom stereocenters. The summed E-state index contributed by atoms with van der Waals surface area (Å²) in [6.45, 7) is 5.05. The topological polar surface area (TPSA) is 101 Å². The summed E-state index contributed by atoms with van der Waals surface area (Å²) in [5, 5.41) is 3.65. The van der Waals surface area contributed by atoms with Crippen molar-refractivity contribution >= 4 is 28.9 Å². The zero-order chi connectivity index (χ0) is 24.5. The lowest BCUT2D eigenvalue weighted by molar-refractivity contribution is -0.157. The summed E-state index contributed by atoms with van der Waals surface area (Å²) in [5.74, 6) is -0.540. The molecule has 8 nitrogen and oxygen atoms in total. The molecule has 0 bridgehead atoms. The summed E-state index contributed by atoms with van der Waals surface area (Å²) in [6, 6.07) is 7.00. The van der Waals surface area contributed by atoms with Crippen LogP contribution in [0.2, 0.25) is 0 Å². The van der Waals surface area contributed by atoms with Gasteiger partial charge in [-0.3, -0.25) is 4.79 Å². The van der Waals surface area contributed by atoms with Crippen LogP contribution in [0.1, 0.15) is 70.2 Å². The van der Waals surface area contributed by atoms with Gasteiger partial charge in [-0.15, -0.1) is 0 Å². The lowest BCUT2D eigenvalue weighted by Crippen LogP contribution is -2.56. The van der Waals surface area contributed by atoms with Gasteiger partial charge in [0.15, 0.2) is 0 Å². The second kappa shape index (κ2) is 9.68. The molecular weight excluding hydrogens is 434 g/mol. The van der Waals surface area contributed by atoms with Gasteiger partial charge in [0.1, 0.15) is 18.2 Å². The molecule has 0 radical (unpaired) electrons. The number of amides is 2. The minimum absolute atomic E-state index is 0.221. The minimum Gasteiger partial charge on any atom is -0.467 e. The Hall–Kier alpha value is -3.03. The first kappa shape index (κ1) is 24.1. The van der Waals surface area contributed by atoms with Crippen molar-refractivity contribution in [1.29, 1.82) is 0 Å². The Morgan fingerprint density at radius 1 is 1.12 bits per heavy atom. The number of hydrogen-bond donors (Lipinski definition) is 2. The van der Waals surface area contributed by atoms with Crippen molar-refractivity contribution in [3.8, 4) is 0 Å². The number of nitrogens with zero attached hydrogens (tertiary/aromatic N) is 1. The highest BCUT2D eigenvalue weighted by Gasteiger charge is 2.46. The Labute approximate surface area is 200 Å². The van der Waals surface area contributed by atoms with E-state index in [-0.39, 0.29) is 24.4 Å². The summed E-state index contributed by atoms with van der Waals surface area (Å²) in [6.07, 6.45) is 5.04. The lowest BCUT2D eigenvalue weighted by atomic mass is 9.77. The van der Waals surface area contributed by atoms with Gasteiger partial charge in [0.2, 0.25) is 5.91 Å². The zero-order valence-corrected chi connectivity index (χ0v) is 20.5. The molecule has 1 saturated carbocycles. The molecule has 1 fully saturated rings. The van der Waals surface area contributed by atoms with Crippen LogP contribution in [-0.2, 0) is 25.5 Å². The van der Waals surface area contributed by atoms with Crippen LogP contribution in [0.3, 0.4) is 0 Å². The number of aromatic nitrogens is 1. The number of ether oxygens (including phenoxy) is 2. The van der Waals surface area contributed by atoms with E-state index in [4.69, 9.17) is 9.47 Å². The summed E-state index contributed by atoms with van der Waals surface area (Å²) in [5.41, 5.74) is 2.40. The smallest absolute Gasteiger partial charge is 0.408 e. The number of hydrogen-bond acceptors (Lipinski definition) is 5. The highest BCUT2D eigenvalue weighted by Crippen LogP contribution is 2.45. The van der Waals surface area contributed by atoms with Gasteiger partial charge in [-0.2, -0.15) is 0 Å². The van der Waals surface area contributed by atoms with E-state index in [1.54, 1.807) is 25.7 Å². The van der Waals surface area contributed by atoms with E-state index in [0.717, 1.165) is 47.8 Å². The molecule has 1 aliphatic carbocycles. The number of alkyl carbamates (subject to hydrolysis) is 1. The van der Waals surface area contributed by atoms with Crippen LogP contribution in [0.15, 0.2) is 24.3 Å². The maximum Gasteiger partial charge on any atom is 0.408 e. The number of benzene rings is 1. The van der Waals surface area contributed by atoms with E-state index >= 15 is 0 Å². The van der Waals surface area contributed by atoms with Crippen molar-refractivity contribution < 1.29 is 23.9 Å². The van der Waals surface area contributed by atoms with E-state index in [0.29, 0.717) is 6.42 Å². The van der Waals surface area contributed by atoms with Crippen LogP contribution in [0, 0.1) is 5.92 Å². The average Bonchev–Trinajstić information content (AvgIpc) is 3.18. The fourth-order valence-corrected chi connectivity index (χ4v) is 5.45. The molecule has 184 valence electrons. The maximum atomic E-state index is 13.6. The van der Waals surface area contributed by atoms with Gasteiger partial charge >= 0.3 is 12.1 Å². The molecule has 2 atom stereocenters. The number of esters is 1. The number of H-pyrrole nitrogens is 1. The fourth-order valence-electron chi connectivity index (χ4n) is 5.45. The van der Waals surface area contributed by atoms with Gasteiger partial charge in [0.25, 0.3) is 0 Å². The SMILES string of the molecule is COC(=O)[C@@H]1Cc2c([nH]c3ccccc23)[C@@H](C2CCCCC2)N1C(=O)CNC(=O)OC(C)(C)C. The number of fused-ring (bicyclic) bond motifs is 3. The Morgan fingerprint density at radius 3 is 2.50 bits per heavy atom. The van der Waals surface area contributed by atoms with Crippen LogP contribution >= 0.6 is 0 Å². The predicted molar refractivity (Wildman–Crippen MR) is 128 cm³/mol. The van der Waals surface area contributed by atoms with Crippen LogP contribution in [-0.4, -0.2) is 53.2 Å². The predicted octanol–water partition coefficient (Wildman–Crippen LogP) is 4.24. The van der Waals surface area contributed by atoms with Crippen molar-refractivity contribution in [3.63, 3.8) is 0 Å². The van der Waals surface area contributed by atoms with Crippen LogP contribution in [0.5, 0.6) is 0 Å². The Balaban J connectivity index is 1.71. The second-order valence-electron chi connectivity index (χ2n) is 10.3. The first-order valence-electron chi connectivity index (χ1n) is 12.1. The Kier molecular flexibility index (Phi) is 6.86. The van der Waals surface area contributed by atoms with E-state index < -0.39 is 23.7 Å². The minimum atomic E-state index is -0.753. The molecule has 1 aromatic carbocycles. The zero-order valence-electron chi connectivity index (χ0n) is 20.5. The number of nitrogens with one attached hydrogen (secondary N) is 2. The molecule has 2 heterocycles. The number of methoxy groups -OCH3 is 1. The summed E-state index contributed by atoms with van der Waals surface area (Å²) in [7, 11) is 1.35. The highest BCUT2D eigenvalue weighted by molar-refractivity contribution is 5.91. The van der Waals surface area contributed by atoms with Crippen molar-refractivity contribution in [2.75, 3.05) is 13.7 Å². The first-order chi connectivity index (χ1) is 16.2. The molecule has 2 amide bonds. The van der Waals surface area contributed by atoms with Gasteiger partial charge in [-0.25, -0.2) is 9.59 Å².